The lowest BCUT2D eigenvalue weighted by atomic mass is 10.2. The lowest BCUT2D eigenvalue weighted by Gasteiger charge is -2.17. The van der Waals surface area contributed by atoms with Gasteiger partial charge in [-0.2, -0.15) is 5.26 Å². The lowest BCUT2D eigenvalue weighted by molar-refractivity contribution is 0.498. The average Bonchev–Trinajstić information content (AvgIpc) is 2.39. The van der Waals surface area contributed by atoms with Gasteiger partial charge in [-0.25, -0.2) is 0 Å². The Labute approximate surface area is 91.5 Å². The number of aromatic nitrogens is 1. The number of nitrogens with two attached hydrogens (primary N) is 1. The third-order valence-corrected chi connectivity index (χ3v) is 3.05. The van der Waals surface area contributed by atoms with Gasteiger partial charge in [0.05, 0.1) is 5.56 Å². The average molecular weight is 205 g/mol. The van der Waals surface area contributed by atoms with Crippen molar-refractivity contribution in [2.45, 2.75) is 46.6 Å². The standard InChI is InChI=1S/C12H19N3/c1-5-6-8(2)15-10(4)9(3)11(7-13)12(15)14/h8H,5-6,14H2,1-4H3. The van der Waals surface area contributed by atoms with E-state index >= 15 is 0 Å². The summed E-state index contributed by atoms with van der Waals surface area (Å²) in [6.07, 6.45) is 2.21. The van der Waals surface area contributed by atoms with Crippen molar-refractivity contribution in [3.8, 4) is 6.07 Å². The van der Waals surface area contributed by atoms with Crippen LogP contribution < -0.4 is 5.73 Å². The number of hydrogen-bond donors (Lipinski definition) is 1. The molecule has 3 heteroatoms. The maximum absolute atomic E-state index is 9.01. The molecule has 0 radical (unpaired) electrons. The molecule has 1 aromatic heterocycles. The molecule has 1 aromatic rings. The van der Waals surface area contributed by atoms with Gasteiger partial charge in [-0.05, 0) is 32.8 Å². The molecule has 0 saturated heterocycles. The summed E-state index contributed by atoms with van der Waals surface area (Å²) in [5.41, 5.74) is 8.75. The third kappa shape index (κ3) is 1.85. The first-order valence-corrected chi connectivity index (χ1v) is 5.41. The molecule has 0 aliphatic rings. The number of rotatable bonds is 3. The molecular weight excluding hydrogens is 186 g/mol. The van der Waals surface area contributed by atoms with E-state index in [1.165, 1.54) is 0 Å². The van der Waals surface area contributed by atoms with Crippen LogP contribution in [0, 0.1) is 25.2 Å². The Morgan fingerprint density at radius 2 is 2.07 bits per heavy atom. The summed E-state index contributed by atoms with van der Waals surface area (Å²) in [7, 11) is 0. The molecule has 15 heavy (non-hydrogen) atoms. The van der Waals surface area contributed by atoms with E-state index in [1.807, 2.05) is 13.8 Å². The first kappa shape index (κ1) is 11.6. The minimum Gasteiger partial charge on any atom is -0.384 e. The second kappa shape index (κ2) is 4.39. The van der Waals surface area contributed by atoms with Gasteiger partial charge in [0.1, 0.15) is 11.9 Å². The van der Waals surface area contributed by atoms with Crippen molar-refractivity contribution in [1.82, 2.24) is 4.57 Å². The first-order chi connectivity index (χ1) is 7.04. The highest BCUT2D eigenvalue weighted by molar-refractivity contribution is 5.58. The Morgan fingerprint density at radius 1 is 1.47 bits per heavy atom. The van der Waals surface area contributed by atoms with Crippen LogP contribution in [0.3, 0.4) is 0 Å². The van der Waals surface area contributed by atoms with Gasteiger partial charge in [0.25, 0.3) is 0 Å². The number of nitrogens with zero attached hydrogens (tertiary/aromatic N) is 2. The zero-order chi connectivity index (χ0) is 11.6. The van der Waals surface area contributed by atoms with Crippen molar-refractivity contribution in [3.63, 3.8) is 0 Å². The molecule has 1 atom stereocenters. The highest BCUT2D eigenvalue weighted by atomic mass is 15.1. The predicted octanol–water partition coefficient (Wildman–Crippen LogP) is 2.92. The lowest BCUT2D eigenvalue weighted by Crippen LogP contribution is -2.10. The molecule has 0 saturated carbocycles. The normalized spacial score (nSPS) is 12.5. The van der Waals surface area contributed by atoms with Crippen molar-refractivity contribution < 1.29 is 0 Å². The van der Waals surface area contributed by atoms with Crippen LogP contribution in [-0.2, 0) is 0 Å². The topological polar surface area (TPSA) is 54.7 Å². The Morgan fingerprint density at radius 3 is 2.47 bits per heavy atom. The van der Waals surface area contributed by atoms with E-state index < -0.39 is 0 Å². The maximum Gasteiger partial charge on any atom is 0.122 e. The zero-order valence-electron chi connectivity index (χ0n) is 9.96. The zero-order valence-corrected chi connectivity index (χ0v) is 9.96. The third-order valence-electron chi connectivity index (χ3n) is 3.05. The number of anilines is 1. The van der Waals surface area contributed by atoms with Crippen molar-refractivity contribution in [2.24, 2.45) is 0 Å². The molecule has 0 bridgehead atoms. The highest BCUT2D eigenvalue weighted by Gasteiger charge is 2.18. The number of nitrogen functional groups attached to an aromatic ring is 1. The molecule has 0 aliphatic carbocycles. The van der Waals surface area contributed by atoms with E-state index in [0.717, 1.165) is 24.1 Å². The van der Waals surface area contributed by atoms with Crippen molar-refractivity contribution in [1.29, 1.82) is 5.26 Å². The molecule has 0 amide bonds. The number of hydrogen-bond acceptors (Lipinski definition) is 2. The molecular formula is C12H19N3. The molecule has 1 heterocycles. The summed E-state index contributed by atoms with van der Waals surface area (Å²) in [4.78, 5) is 0. The van der Waals surface area contributed by atoms with E-state index in [1.54, 1.807) is 0 Å². The van der Waals surface area contributed by atoms with Crippen LogP contribution in [0.1, 0.15) is 49.6 Å². The summed E-state index contributed by atoms with van der Waals surface area (Å²) < 4.78 is 2.08. The molecule has 2 N–H and O–H groups in total. The van der Waals surface area contributed by atoms with Crippen molar-refractivity contribution >= 4 is 5.82 Å². The Bertz CT molecular complexity index is 396. The van der Waals surface area contributed by atoms with E-state index in [9.17, 15) is 0 Å². The van der Waals surface area contributed by atoms with Crippen LogP contribution in [0.5, 0.6) is 0 Å². The van der Waals surface area contributed by atoms with Crippen LogP contribution in [0.4, 0.5) is 5.82 Å². The molecule has 0 aliphatic heterocycles. The predicted molar refractivity (Wildman–Crippen MR) is 62.7 cm³/mol. The highest BCUT2D eigenvalue weighted by Crippen LogP contribution is 2.28. The second-order valence-electron chi connectivity index (χ2n) is 4.09. The summed E-state index contributed by atoms with van der Waals surface area (Å²) >= 11 is 0. The molecule has 0 spiro atoms. The SMILES string of the molecule is CCCC(C)n1c(C)c(C)c(C#N)c1N. The summed E-state index contributed by atoms with van der Waals surface area (Å²) in [6, 6.07) is 2.55. The minimum atomic E-state index is 0.371. The maximum atomic E-state index is 9.01. The summed E-state index contributed by atoms with van der Waals surface area (Å²) in [5.74, 6) is 0.619. The smallest absolute Gasteiger partial charge is 0.122 e. The van der Waals surface area contributed by atoms with Gasteiger partial charge in [0, 0.05) is 11.7 Å². The fraction of sp³-hybridized carbons (Fsp3) is 0.583. The van der Waals surface area contributed by atoms with Crippen LogP contribution in [-0.4, -0.2) is 4.57 Å². The molecule has 0 aromatic carbocycles. The largest absolute Gasteiger partial charge is 0.384 e. The second-order valence-corrected chi connectivity index (χ2v) is 4.09. The van der Waals surface area contributed by atoms with Crippen LogP contribution >= 0.6 is 0 Å². The summed E-state index contributed by atoms with van der Waals surface area (Å²) in [5, 5.41) is 9.01. The quantitative estimate of drug-likeness (QED) is 0.824. The van der Waals surface area contributed by atoms with Crippen molar-refractivity contribution in [2.75, 3.05) is 5.73 Å². The molecule has 0 fully saturated rings. The first-order valence-electron chi connectivity index (χ1n) is 5.41. The van der Waals surface area contributed by atoms with Gasteiger partial charge in [0.2, 0.25) is 0 Å². The van der Waals surface area contributed by atoms with Gasteiger partial charge in [0.15, 0.2) is 0 Å². The fourth-order valence-corrected chi connectivity index (χ4v) is 2.11. The monoisotopic (exact) mass is 205 g/mol. The van der Waals surface area contributed by atoms with E-state index in [4.69, 9.17) is 11.0 Å². The van der Waals surface area contributed by atoms with Gasteiger partial charge in [-0.3, -0.25) is 0 Å². The minimum absolute atomic E-state index is 0.371. The van der Waals surface area contributed by atoms with E-state index in [2.05, 4.69) is 24.5 Å². The van der Waals surface area contributed by atoms with E-state index in [-0.39, 0.29) is 0 Å². The van der Waals surface area contributed by atoms with Gasteiger partial charge >= 0.3 is 0 Å². The summed E-state index contributed by atoms with van der Waals surface area (Å²) in [6.45, 7) is 8.29. The van der Waals surface area contributed by atoms with Gasteiger partial charge in [-0.15, -0.1) is 0 Å². The molecule has 82 valence electrons. The Hall–Kier alpha value is -1.43. The fourth-order valence-electron chi connectivity index (χ4n) is 2.11. The number of nitriles is 1. The van der Waals surface area contributed by atoms with Crippen LogP contribution in [0.25, 0.3) is 0 Å². The van der Waals surface area contributed by atoms with Crippen LogP contribution in [0.15, 0.2) is 0 Å². The van der Waals surface area contributed by atoms with Gasteiger partial charge < -0.3 is 10.3 Å². The molecule has 3 nitrogen and oxygen atoms in total. The Kier molecular flexibility index (Phi) is 3.41. The molecule has 1 unspecified atom stereocenters. The van der Waals surface area contributed by atoms with E-state index in [0.29, 0.717) is 17.4 Å². The van der Waals surface area contributed by atoms with Crippen molar-refractivity contribution in [3.05, 3.63) is 16.8 Å². The molecule has 1 rings (SSSR count). The Balaban J connectivity index is 3.25. The van der Waals surface area contributed by atoms with Crippen LogP contribution in [0.2, 0.25) is 0 Å². The van der Waals surface area contributed by atoms with Gasteiger partial charge in [-0.1, -0.05) is 13.3 Å².